The number of hydrogen-bond acceptors (Lipinski definition) is 0. The molecule has 0 aromatic carbocycles. The maximum atomic E-state index is 3.49. The van der Waals surface area contributed by atoms with Gasteiger partial charge in [0.15, 0.2) is 0 Å². The third-order valence-electron chi connectivity index (χ3n) is 0.204. The Morgan fingerprint density at radius 1 is 2.00 bits per heavy atom. The minimum Gasteiger partial charge on any atom is -0.104 e. The van der Waals surface area contributed by atoms with E-state index in [0.717, 1.165) is 6.32 Å². The number of rotatable bonds is 1. The fourth-order valence-electron chi connectivity index (χ4n) is 0. The van der Waals surface area contributed by atoms with Crippen LogP contribution < -0.4 is 0 Å². The fraction of sp³-hybridized carbons (Fsp3) is 0.333. The molecule has 0 rings (SSSR count). The first-order valence-electron chi connectivity index (χ1n) is 1.32. The van der Waals surface area contributed by atoms with Gasteiger partial charge in [0.2, 0.25) is 0 Å². The first-order chi connectivity index (χ1) is 1.91. The van der Waals surface area contributed by atoms with E-state index in [9.17, 15) is 0 Å². The molecular weight excluding hydrogens is 46.8 g/mol. The van der Waals surface area contributed by atoms with Crippen molar-refractivity contribution in [2.45, 2.75) is 6.32 Å². The van der Waals surface area contributed by atoms with E-state index in [2.05, 4.69) is 14.4 Å². The molecule has 0 saturated carbocycles. The maximum Gasteiger partial charge on any atom is 0.0916 e. The van der Waals surface area contributed by atoms with Crippen molar-refractivity contribution in [3.05, 3.63) is 12.7 Å². The van der Waals surface area contributed by atoms with Gasteiger partial charge < -0.3 is 0 Å². The largest absolute Gasteiger partial charge is 0.104 e. The number of hydrogen-bond donors (Lipinski definition) is 0. The Kier molecular flexibility index (Phi) is 2.67. The molecule has 0 spiro atoms. The smallest absolute Gasteiger partial charge is 0.0916 e. The minimum atomic E-state index is 0.833. The van der Waals surface area contributed by atoms with Gasteiger partial charge in [-0.15, -0.1) is 6.58 Å². The molecule has 0 fully saturated rings. The summed E-state index contributed by atoms with van der Waals surface area (Å²) in [5.41, 5.74) is 0. The molecule has 4 heavy (non-hydrogen) atoms. The zero-order valence-corrected chi connectivity index (χ0v) is 2.70. The van der Waals surface area contributed by atoms with Crippen molar-refractivity contribution >= 4 is 7.85 Å². The molecule has 21 valence electrons. The Morgan fingerprint density at radius 3 is 2.25 bits per heavy atom. The normalized spacial score (nSPS) is 6.00. The van der Waals surface area contributed by atoms with Crippen LogP contribution in [-0.2, 0) is 0 Å². The van der Waals surface area contributed by atoms with Gasteiger partial charge in [0, 0.05) is 0 Å². The molecule has 0 nitrogen and oxygen atoms in total. The van der Waals surface area contributed by atoms with Crippen LogP contribution in [0.5, 0.6) is 0 Å². The Morgan fingerprint density at radius 2 is 2.25 bits per heavy atom. The maximum absolute atomic E-state index is 3.49. The lowest BCUT2D eigenvalue weighted by Gasteiger charge is -1.56. The summed E-state index contributed by atoms with van der Waals surface area (Å²) in [5.74, 6) is 0. The van der Waals surface area contributed by atoms with Crippen LogP contribution in [0.3, 0.4) is 0 Å². The average molecular weight is 52.9 g/mol. The highest BCUT2D eigenvalue weighted by Crippen LogP contribution is 1.61. The van der Waals surface area contributed by atoms with Gasteiger partial charge in [0.25, 0.3) is 0 Å². The van der Waals surface area contributed by atoms with Crippen LogP contribution in [0.2, 0.25) is 6.32 Å². The molecule has 0 heterocycles. The van der Waals surface area contributed by atoms with Crippen LogP contribution >= 0.6 is 0 Å². The lowest BCUT2D eigenvalue weighted by molar-refractivity contribution is 1.76. The average Bonchev–Trinajstić information content (AvgIpc) is 1.37. The van der Waals surface area contributed by atoms with Crippen LogP contribution in [0.1, 0.15) is 0 Å². The first kappa shape index (κ1) is 3.80. The second-order valence-electron chi connectivity index (χ2n) is 0.577. The molecule has 1 heteroatoms. The first-order valence-corrected chi connectivity index (χ1v) is 1.32. The molecule has 0 aliphatic carbocycles. The van der Waals surface area contributed by atoms with E-state index in [1.54, 1.807) is 6.08 Å². The standard InChI is InChI=1S/C3H6B/c1-2-3-4/h2,4H,1,3H2. The van der Waals surface area contributed by atoms with Crippen molar-refractivity contribution in [2.24, 2.45) is 0 Å². The van der Waals surface area contributed by atoms with E-state index in [4.69, 9.17) is 0 Å². The van der Waals surface area contributed by atoms with Crippen molar-refractivity contribution in [3.8, 4) is 0 Å². The summed E-state index contributed by atoms with van der Waals surface area (Å²) in [6.45, 7) is 3.42. The van der Waals surface area contributed by atoms with E-state index in [1.165, 1.54) is 0 Å². The quantitative estimate of drug-likeness (QED) is 0.301. The van der Waals surface area contributed by atoms with Crippen LogP contribution in [0.15, 0.2) is 12.7 Å². The van der Waals surface area contributed by atoms with E-state index in [1.807, 2.05) is 0 Å². The minimum absolute atomic E-state index is 0.833. The van der Waals surface area contributed by atoms with Gasteiger partial charge in [-0.1, -0.05) is 12.4 Å². The van der Waals surface area contributed by atoms with E-state index >= 15 is 0 Å². The Labute approximate surface area is 27.9 Å². The molecule has 0 aromatic heterocycles. The second kappa shape index (κ2) is 2.80. The monoisotopic (exact) mass is 53.1 g/mol. The Bertz CT molecular complexity index is 17.2. The van der Waals surface area contributed by atoms with E-state index in [-0.39, 0.29) is 0 Å². The summed E-state index contributed by atoms with van der Waals surface area (Å²) in [6.07, 6.45) is 2.60. The molecule has 0 aliphatic heterocycles. The molecule has 0 N–H and O–H groups in total. The zero-order chi connectivity index (χ0) is 3.41. The lowest BCUT2D eigenvalue weighted by atomic mass is 10.1. The van der Waals surface area contributed by atoms with Gasteiger partial charge in [-0.3, -0.25) is 0 Å². The molecular formula is C3H6B. The Hall–Kier alpha value is -0.195. The summed E-state index contributed by atoms with van der Waals surface area (Å²) < 4.78 is 0. The fourth-order valence-corrected chi connectivity index (χ4v) is 0. The molecule has 0 aromatic rings. The molecule has 0 amide bonds. The molecule has 0 bridgehead atoms. The number of allylic oxidation sites excluding steroid dienone is 1. The van der Waals surface area contributed by atoms with Gasteiger partial charge in [-0.2, -0.15) is 0 Å². The van der Waals surface area contributed by atoms with Crippen molar-refractivity contribution in [3.63, 3.8) is 0 Å². The van der Waals surface area contributed by atoms with Crippen molar-refractivity contribution < 1.29 is 0 Å². The third-order valence-corrected chi connectivity index (χ3v) is 0.204. The molecule has 0 saturated heterocycles. The summed E-state index contributed by atoms with van der Waals surface area (Å²) in [7, 11) is 3.49. The highest BCUT2D eigenvalue weighted by molar-refractivity contribution is 6.09. The van der Waals surface area contributed by atoms with Gasteiger partial charge in [-0.25, -0.2) is 0 Å². The van der Waals surface area contributed by atoms with Crippen LogP contribution in [0.25, 0.3) is 0 Å². The highest BCUT2D eigenvalue weighted by atomic mass is 13.4. The van der Waals surface area contributed by atoms with Gasteiger partial charge >= 0.3 is 0 Å². The summed E-state index contributed by atoms with van der Waals surface area (Å²) in [5, 5.41) is 0. The summed E-state index contributed by atoms with van der Waals surface area (Å²) >= 11 is 0. The third kappa shape index (κ3) is 1.80. The predicted octanol–water partition coefficient (Wildman–Crippen LogP) is 0.491. The summed E-state index contributed by atoms with van der Waals surface area (Å²) in [6, 6.07) is 0. The summed E-state index contributed by atoms with van der Waals surface area (Å²) in [4.78, 5) is 0. The van der Waals surface area contributed by atoms with Crippen molar-refractivity contribution in [1.82, 2.24) is 0 Å². The van der Waals surface area contributed by atoms with E-state index in [0.29, 0.717) is 0 Å². The molecule has 0 unspecified atom stereocenters. The van der Waals surface area contributed by atoms with Crippen LogP contribution in [0, 0.1) is 0 Å². The van der Waals surface area contributed by atoms with Crippen LogP contribution in [0.4, 0.5) is 0 Å². The van der Waals surface area contributed by atoms with Crippen LogP contribution in [-0.4, -0.2) is 7.85 Å². The van der Waals surface area contributed by atoms with Gasteiger partial charge in [0.1, 0.15) is 0 Å². The molecule has 0 aliphatic rings. The Balaban J connectivity index is 2.30. The van der Waals surface area contributed by atoms with E-state index < -0.39 is 0 Å². The second-order valence-corrected chi connectivity index (χ2v) is 0.577. The zero-order valence-electron chi connectivity index (χ0n) is 2.70. The van der Waals surface area contributed by atoms with Crippen molar-refractivity contribution in [2.75, 3.05) is 0 Å². The molecule has 0 atom stereocenters. The lowest BCUT2D eigenvalue weighted by Crippen LogP contribution is -1.47. The van der Waals surface area contributed by atoms with Crippen molar-refractivity contribution in [1.29, 1.82) is 0 Å². The highest BCUT2D eigenvalue weighted by Gasteiger charge is 1.47. The molecule has 1 radical (unpaired) electrons. The van der Waals surface area contributed by atoms with Gasteiger partial charge in [-0.05, 0) is 0 Å². The predicted molar refractivity (Wildman–Crippen MR) is 22.2 cm³/mol. The topological polar surface area (TPSA) is 0 Å². The van der Waals surface area contributed by atoms with Gasteiger partial charge in [0.05, 0.1) is 7.85 Å². The SMILES string of the molecule is [BH]CC=C.